The molecule has 0 amide bonds. The maximum atomic E-state index is 14.0. The van der Waals surface area contributed by atoms with Gasteiger partial charge in [-0.25, -0.2) is 19.4 Å². The van der Waals surface area contributed by atoms with E-state index in [1.807, 2.05) is 19.2 Å². The molecule has 0 bridgehead atoms. The number of aryl methyl sites for hydroxylation is 1. The number of hydrogen-bond donors (Lipinski definition) is 2. The molecule has 0 saturated carbocycles. The van der Waals surface area contributed by atoms with Crippen LogP contribution in [0.15, 0.2) is 51.7 Å². The van der Waals surface area contributed by atoms with Gasteiger partial charge in [-0.2, -0.15) is 0 Å². The summed E-state index contributed by atoms with van der Waals surface area (Å²) in [6.45, 7) is 3.74. The van der Waals surface area contributed by atoms with Crippen LogP contribution in [-0.2, 0) is 0 Å². The summed E-state index contributed by atoms with van der Waals surface area (Å²) in [6, 6.07) is 7.39. The number of aliphatic imine (C=N–C) groups is 1. The number of hydrogen-bond acceptors (Lipinski definition) is 6. The number of rotatable bonds is 5. The Kier molecular flexibility index (Phi) is 6.01. The van der Waals surface area contributed by atoms with Crippen LogP contribution >= 0.6 is 33.9 Å². The molecule has 1 aromatic carbocycles. The lowest BCUT2D eigenvalue weighted by Gasteiger charge is -2.19. The van der Waals surface area contributed by atoms with E-state index in [1.54, 1.807) is 28.8 Å². The van der Waals surface area contributed by atoms with Crippen molar-refractivity contribution in [3.63, 3.8) is 0 Å². The number of nitrogens with two attached hydrogens (primary N) is 1. The Labute approximate surface area is 195 Å². The largest absolute Gasteiger partial charge is 0.390 e. The SMILES string of the molecule is Cc1csc2nc([C@H](C)Nc3ccnc(I)c3/N=C\N)c(-c3cccc(F)c3)c(=O)n12. The van der Waals surface area contributed by atoms with Crippen LogP contribution in [0.1, 0.15) is 24.4 Å². The highest BCUT2D eigenvalue weighted by Crippen LogP contribution is 2.33. The first-order valence-corrected chi connectivity index (χ1v) is 11.3. The molecule has 3 heterocycles. The van der Waals surface area contributed by atoms with Gasteiger partial charge in [0.1, 0.15) is 15.2 Å². The Balaban J connectivity index is 1.90. The molecule has 0 radical (unpaired) electrons. The fourth-order valence-corrected chi connectivity index (χ4v) is 4.83. The molecule has 0 saturated heterocycles. The predicted molar refractivity (Wildman–Crippen MR) is 131 cm³/mol. The standard InChI is InChI=1S/C21H18FIN6OS/c1-11-9-31-21-28-17(12(2)27-15-6-7-25-19(23)18(15)26-10-24)16(20(30)29(11)21)13-4-3-5-14(22)8-13/h3-10,12H,1-2H3,(H2,24,26)(H,25,27)/t12-/m0/s1. The zero-order valence-electron chi connectivity index (χ0n) is 16.6. The van der Waals surface area contributed by atoms with Crippen LogP contribution in [0.25, 0.3) is 16.1 Å². The summed E-state index contributed by atoms with van der Waals surface area (Å²) in [5.41, 5.74) is 8.69. The molecular formula is C21H18FIN6OS. The minimum atomic E-state index is -0.418. The van der Waals surface area contributed by atoms with Crippen molar-refractivity contribution < 1.29 is 4.39 Å². The number of nitrogens with one attached hydrogen (secondary N) is 1. The molecule has 10 heteroatoms. The second-order valence-corrected chi connectivity index (χ2v) is 8.68. The smallest absolute Gasteiger partial charge is 0.266 e. The second kappa shape index (κ2) is 8.71. The predicted octanol–water partition coefficient (Wildman–Crippen LogP) is 4.66. The van der Waals surface area contributed by atoms with Crippen LogP contribution in [0.3, 0.4) is 0 Å². The summed E-state index contributed by atoms with van der Waals surface area (Å²) < 4.78 is 16.2. The zero-order chi connectivity index (χ0) is 22.1. The first kappa shape index (κ1) is 21.4. The van der Waals surface area contributed by atoms with Gasteiger partial charge >= 0.3 is 0 Å². The molecule has 0 aliphatic heterocycles. The minimum absolute atomic E-state index is 0.234. The Morgan fingerprint density at radius 2 is 2.19 bits per heavy atom. The number of benzene rings is 1. The molecule has 3 N–H and O–H groups in total. The van der Waals surface area contributed by atoms with Crippen LogP contribution in [0.5, 0.6) is 0 Å². The number of pyridine rings is 1. The summed E-state index contributed by atoms with van der Waals surface area (Å²) in [5, 5.41) is 5.24. The molecule has 158 valence electrons. The van der Waals surface area contributed by atoms with Crippen molar-refractivity contribution in [2.45, 2.75) is 19.9 Å². The van der Waals surface area contributed by atoms with Crippen molar-refractivity contribution in [3.05, 3.63) is 73.2 Å². The first-order chi connectivity index (χ1) is 14.9. The van der Waals surface area contributed by atoms with Gasteiger partial charge < -0.3 is 11.1 Å². The summed E-state index contributed by atoms with van der Waals surface area (Å²) in [6.07, 6.45) is 2.87. The number of anilines is 1. The highest BCUT2D eigenvalue weighted by molar-refractivity contribution is 14.1. The molecule has 4 rings (SSSR count). The second-order valence-electron chi connectivity index (χ2n) is 6.82. The van der Waals surface area contributed by atoms with Crippen LogP contribution in [0.2, 0.25) is 0 Å². The first-order valence-electron chi connectivity index (χ1n) is 9.32. The van der Waals surface area contributed by atoms with E-state index < -0.39 is 5.82 Å². The third-order valence-electron chi connectivity index (χ3n) is 4.75. The van der Waals surface area contributed by atoms with Gasteiger partial charge in [0.2, 0.25) is 0 Å². The van der Waals surface area contributed by atoms with Gasteiger partial charge in [0.05, 0.1) is 29.3 Å². The van der Waals surface area contributed by atoms with Crippen molar-refractivity contribution in [3.8, 4) is 11.1 Å². The maximum absolute atomic E-state index is 14.0. The number of aromatic nitrogens is 3. The van der Waals surface area contributed by atoms with Gasteiger partial charge in [0.25, 0.3) is 5.56 Å². The average molecular weight is 548 g/mol. The Morgan fingerprint density at radius 1 is 1.39 bits per heavy atom. The van der Waals surface area contributed by atoms with Crippen LogP contribution in [0, 0.1) is 16.4 Å². The summed E-state index contributed by atoms with van der Waals surface area (Å²) in [7, 11) is 0. The zero-order valence-corrected chi connectivity index (χ0v) is 19.6. The Morgan fingerprint density at radius 3 is 2.94 bits per heavy atom. The van der Waals surface area contributed by atoms with E-state index >= 15 is 0 Å². The maximum Gasteiger partial charge on any atom is 0.266 e. The van der Waals surface area contributed by atoms with Crippen molar-refractivity contribution in [2.75, 3.05) is 5.32 Å². The molecule has 31 heavy (non-hydrogen) atoms. The molecule has 7 nitrogen and oxygen atoms in total. The average Bonchev–Trinajstić information content (AvgIpc) is 3.11. The lowest BCUT2D eigenvalue weighted by Crippen LogP contribution is -2.22. The van der Waals surface area contributed by atoms with Crippen molar-refractivity contribution in [1.29, 1.82) is 0 Å². The van der Waals surface area contributed by atoms with E-state index in [-0.39, 0.29) is 11.6 Å². The molecule has 4 aromatic rings. The number of nitrogens with zero attached hydrogens (tertiary/aromatic N) is 4. The van der Waals surface area contributed by atoms with E-state index in [9.17, 15) is 9.18 Å². The Hall–Kier alpha value is -2.86. The summed E-state index contributed by atoms with van der Waals surface area (Å²) >= 11 is 3.47. The molecular weight excluding hydrogens is 530 g/mol. The van der Waals surface area contributed by atoms with Gasteiger partial charge in [0.15, 0.2) is 4.96 Å². The molecule has 1 atom stereocenters. The van der Waals surface area contributed by atoms with Gasteiger partial charge in [-0.15, -0.1) is 11.3 Å². The number of fused-ring (bicyclic) bond motifs is 1. The normalized spacial score (nSPS) is 12.5. The third-order valence-corrected chi connectivity index (χ3v) is 6.48. The van der Waals surface area contributed by atoms with Crippen molar-refractivity contribution >= 4 is 56.6 Å². The van der Waals surface area contributed by atoms with Crippen LogP contribution in [-0.4, -0.2) is 20.7 Å². The van der Waals surface area contributed by atoms with Crippen LogP contribution < -0.4 is 16.6 Å². The van der Waals surface area contributed by atoms with Crippen LogP contribution in [0.4, 0.5) is 15.8 Å². The van der Waals surface area contributed by atoms with E-state index in [0.717, 1.165) is 5.69 Å². The number of halogens is 2. The molecule has 0 spiro atoms. The summed E-state index contributed by atoms with van der Waals surface area (Å²) in [4.78, 5) is 27.2. The van der Waals surface area contributed by atoms with E-state index in [4.69, 9.17) is 10.7 Å². The molecule has 0 fully saturated rings. The fraction of sp³-hybridized carbons (Fsp3) is 0.143. The topological polar surface area (TPSA) is 97.7 Å². The van der Waals surface area contributed by atoms with Gasteiger partial charge in [0, 0.05) is 17.3 Å². The monoisotopic (exact) mass is 548 g/mol. The summed E-state index contributed by atoms with van der Waals surface area (Å²) in [5.74, 6) is -0.418. The number of thiazole rings is 1. The third kappa shape index (κ3) is 4.04. The minimum Gasteiger partial charge on any atom is -0.390 e. The quantitative estimate of drug-likeness (QED) is 0.164. The van der Waals surface area contributed by atoms with E-state index in [0.29, 0.717) is 36.9 Å². The van der Waals surface area contributed by atoms with Crippen molar-refractivity contribution in [2.24, 2.45) is 10.7 Å². The highest BCUT2D eigenvalue weighted by Gasteiger charge is 2.22. The molecule has 0 unspecified atom stereocenters. The van der Waals surface area contributed by atoms with E-state index in [2.05, 4.69) is 37.9 Å². The van der Waals surface area contributed by atoms with E-state index in [1.165, 1.54) is 29.8 Å². The van der Waals surface area contributed by atoms with Gasteiger partial charge in [-0.1, -0.05) is 12.1 Å². The fourth-order valence-electron chi connectivity index (χ4n) is 3.37. The van der Waals surface area contributed by atoms with Gasteiger partial charge in [-0.05, 0) is 60.2 Å². The highest BCUT2D eigenvalue weighted by atomic mass is 127. The Bertz CT molecular complexity index is 1370. The lowest BCUT2D eigenvalue weighted by molar-refractivity contribution is 0.628. The molecule has 0 aliphatic rings. The van der Waals surface area contributed by atoms with Crippen molar-refractivity contribution in [1.82, 2.24) is 14.4 Å². The van der Waals surface area contributed by atoms with Gasteiger partial charge in [-0.3, -0.25) is 9.20 Å². The molecule has 3 aromatic heterocycles. The molecule has 0 aliphatic carbocycles. The lowest BCUT2D eigenvalue weighted by atomic mass is 10.0.